The molecule has 0 saturated carbocycles. The second kappa shape index (κ2) is 5.72. The topological polar surface area (TPSA) is 94.3 Å². The van der Waals surface area contributed by atoms with E-state index >= 15 is 0 Å². The molecule has 0 aliphatic rings. The molecule has 2 heterocycles. The van der Waals surface area contributed by atoms with E-state index in [1.165, 1.54) is 12.4 Å². The number of hydrogen-bond acceptors (Lipinski definition) is 5. The van der Waals surface area contributed by atoms with Gasteiger partial charge in [0.25, 0.3) is 0 Å². The van der Waals surface area contributed by atoms with E-state index in [4.69, 9.17) is 4.74 Å². The van der Waals surface area contributed by atoms with Crippen molar-refractivity contribution in [2.24, 2.45) is 0 Å². The molecule has 0 saturated heterocycles. The highest BCUT2D eigenvalue weighted by molar-refractivity contribution is 7.79. The zero-order valence-corrected chi connectivity index (χ0v) is 10.8. The van der Waals surface area contributed by atoms with Gasteiger partial charge in [0.05, 0.1) is 12.8 Å². The highest BCUT2D eigenvalue weighted by Gasteiger charge is 2.23. The number of carbonyl (C=O) groups excluding carboxylic acids is 1. The highest BCUT2D eigenvalue weighted by atomic mass is 32.2. The van der Waals surface area contributed by atoms with Gasteiger partial charge in [-0.25, -0.2) is 18.7 Å². The summed E-state index contributed by atoms with van der Waals surface area (Å²) in [5, 5.41) is 3.76. The number of aromatic nitrogens is 3. The van der Waals surface area contributed by atoms with Crippen LogP contribution in [0, 0.1) is 0 Å². The Labute approximate surface area is 111 Å². The molecule has 19 heavy (non-hydrogen) atoms. The Morgan fingerprint density at radius 1 is 1.53 bits per heavy atom. The molecule has 0 spiro atoms. The molecule has 0 fully saturated rings. The van der Waals surface area contributed by atoms with Crippen molar-refractivity contribution in [3.8, 4) is 5.82 Å². The fraction of sp³-hybridized carbons (Fsp3) is 0.182. The average molecular weight is 281 g/mol. The monoisotopic (exact) mass is 281 g/mol. The number of rotatable bonds is 4. The molecule has 1 unspecified atom stereocenters. The summed E-state index contributed by atoms with van der Waals surface area (Å²) >= 11 is -2.39. The Hall–Kier alpha value is -2.06. The van der Waals surface area contributed by atoms with Gasteiger partial charge in [0, 0.05) is 6.20 Å². The summed E-state index contributed by atoms with van der Waals surface area (Å²) in [6.07, 6.45) is 2.71. The van der Waals surface area contributed by atoms with Gasteiger partial charge in [-0.15, -0.1) is 0 Å². The molecule has 0 aromatic carbocycles. The molecule has 0 amide bonds. The van der Waals surface area contributed by atoms with Crippen molar-refractivity contribution in [3.05, 3.63) is 36.2 Å². The van der Waals surface area contributed by atoms with E-state index in [1.54, 1.807) is 25.1 Å². The minimum atomic E-state index is -2.39. The van der Waals surface area contributed by atoms with Crippen molar-refractivity contribution in [1.82, 2.24) is 14.8 Å². The summed E-state index contributed by atoms with van der Waals surface area (Å²) in [5.74, 6) is -0.350. The molecule has 1 N–H and O–H groups in total. The Morgan fingerprint density at radius 2 is 2.32 bits per heavy atom. The van der Waals surface area contributed by atoms with Crippen molar-refractivity contribution >= 4 is 17.0 Å². The van der Waals surface area contributed by atoms with E-state index in [-0.39, 0.29) is 17.2 Å². The molecule has 8 heteroatoms. The molecule has 2 rings (SSSR count). The summed E-state index contributed by atoms with van der Waals surface area (Å²) in [7, 11) is 0. The molecule has 100 valence electrons. The molecule has 0 radical (unpaired) electrons. The van der Waals surface area contributed by atoms with E-state index in [1.807, 2.05) is 0 Å². The smallest absolute Gasteiger partial charge is 0.342 e. The van der Waals surface area contributed by atoms with E-state index < -0.39 is 17.0 Å². The van der Waals surface area contributed by atoms with Gasteiger partial charge in [0.15, 0.2) is 10.8 Å². The van der Waals surface area contributed by atoms with Crippen LogP contribution >= 0.6 is 0 Å². The van der Waals surface area contributed by atoms with Crippen LogP contribution < -0.4 is 0 Å². The van der Waals surface area contributed by atoms with E-state index in [0.717, 1.165) is 4.68 Å². The minimum Gasteiger partial charge on any atom is -0.462 e. The Kier molecular flexibility index (Phi) is 4.03. The Bertz CT molecular complexity index is 612. The second-order valence-corrected chi connectivity index (χ2v) is 4.32. The van der Waals surface area contributed by atoms with Crippen LogP contribution in [0.25, 0.3) is 5.82 Å². The lowest BCUT2D eigenvalue weighted by atomic mass is 10.4. The van der Waals surface area contributed by atoms with Crippen LogP contribution in [0.4, 0.5) is 0 Å². The molecule has 2 aromatic rings. The van der Waals surface area contributed by atoms with Crippen LogP contribution in [0.15, 0.2) is 35.6 Å². The number of hydrogen-bond donors (Lipinski definition) is 1. The third-order valence-corrected chi connectivity index (χ3v) is 2.98. The first-order valence-electron chi connectivity index (χ1n) is 5.42. The first kappa shape index (κ1) is 13.4. The van der Waals surface area contributed by atoms with Gasteiger partial charge in [0.2, 0.25) is 11.1 Å². The van der Waals surface area contributed by atoms with E-state index in [2.05, 4.69) is 10.1 Å². The van der Waals surface area contributed by atoms with E-state index in [0.29, 0.717) is 5.82 Å². The third-order valence-electron chi connectivity index (χ3n) is 2.25. The maximum Gasteiger partial charge on any atom is 0.342 e. The zero-order chi connectivity index (χ0) is 13.8. The molecule has 0 aliphatic heterocycles. The first-order valence-corrected chi connectivity index (χ1v) is 6.53. The SMILES string of the molecule is CCOC(=O)c1cnn(-c2ccccn2)c1S(=O)O. The molecule has 2 aromatic heterocycles. The maximum atomic E-state index is 11.7. The van der Waals surface area contributed by atoms with Crippen molar-refractivity contribution in [1.29, 1.82) is 0 Å². The zero-order valence-electron chi connectivity index (χ0n) is 10.0. The van der Waals surface area contributed by atoms with Crippen LogP contribution in [0.3, 0.4) is 0 Å². The van der Waals surface area contributed by atoms with Gasteiger partial charge in [-0.3, -0.25) is 0 Å². The van der Waals surface area contributed by atoms with Gasteiger partial charge < -0.3 is 9.29 Å². The van der Waals surface area contributed by atoms with Crippen LogP contribution in [-0.2, 0) is 15.8 Å². The lowest BCUT2D eigenvalue weighted by molar-refractivity contribution is 0.0521. The maximum absolute atomic E-state index is 11.7. The molecule has 1 atom stereocenters. The van der Waals surface area contributed by atoms with Crippen molar-refractivity contribution in [2.45, 2.75) is 11.9 Å². The number of carbonyl (C=O) groups is 1. The van der Waals surface area contributed by atoms with Gasteiger partial charge in [-0.2, -0.15) is 5.10 Å². The van der Waals surface area contributed by atoms with Crippen LogP contribution in [0.5, 0.6) is 0 Å². The molecule has 0 aliphatic carbocycles. The Balaban J connectivity index is 2.52. The molecular weight excluding hydrogens is 270 g/mol. The lowest BCUT2D eigenvalue weighted by Crippen LogP contribution is -2.11. The number of pyridine rings is 1. The summed E-state index contributed by atoms with van der Waals surface area (Å²) in [4.78, 5) is 15.7. The first-order chi connectivity index (χ1) is 9.15. The highest BCUT2D eigenvalue weighted by Crippen LogP contribution is 2.17. The average Bonchev–Trinajstić information content (AvgIpc) is 2.85. The number of nitrogens with zero attached hydrogens (tertiary/aromatic N) is 3. The van der Waals surface area contributed by atoms with Gasteiger partial charge in [0.1, 0.15) is 5.56 Å². The van der Waals surface area contributed by atoms with Crippen molar-refractivity contribution in [2.75, 3.05) is 6.61 Å². The van der Waals surface area contributed by atoms with Crippen LogP contribution in [0.2, 0.25) is 0 Å². The van der Waals surface area contributed by atoms with Gasteiger partial charge >= 0.3 is 5.97 Å². The third kappa shape index (κ3) is 2.69. The van der Waals surface area contributed by atoms with Crippen molar-refractivity contribution in [3.63, 3.8) is 0 Å². The minimum absolute atomic E-state index is 0.0478. The molecule has 7 nitrogen and oxygen atoms in total. The van der Waals surface area contributed by atoms with Gasteiger partial charge in [-0.1, -0.05) is 6.07 Å². The largest absolute Gasteiger partial charge is 0.462 e. The predicted molar refractivity (Wildman–Crippen MR) is 66.4 cm³/mol. The Morgan fingerprint density at radius 3 is 2.89 bits per heavy atom. The number of ether oxygens (including phenoxy) is 1. The standard InChI is InChI=1S/C11H11N3O4S/c1-2-18-11(15)8-7-13-14(10(8)19(16)17)9-5-3-4-6-12-9/h3-7H,2H2,1H3,(H,16,17). The van der Waals surface area contributed by atoms with Crippen LogP contribution in [0.1, 0.15) is 17.3 Å². The fourth-order valence-electron chi connectivity index (χ4n) is 1.50. The normalized spacial score (nSPS) is 12.1. The van der Waals surface area contributed by atoms with Crippen molar-refractivity contribution < 1.29 is 18.3 Å². The lowest BCUT2D eigenvalue weighted by Gasteiger charge is -2.04. The van der Waals surface area contributed by atoms with Crippen LogP contribution in [-0.4, -0.2) is 36.1 Å². The van der Waals surface area contributed by atoms with E-state index in [9.17, 15) is 13.6 Å². The fourth-order valence-corrected chi connectivity index (χ4v) is 2.11. The quantitative estimate of drug-likeness (QED) is 0.664. The second-order valence-electron chi connectivity index (χ2n) is 3.43. The molecule has 0 bridgehead atoms. The summed E-state index contributed by atoms with van der Waals surface area (Å²) in [5.41, 5.74) is -0.0478. The molecular formula is C11H11N3O4S. The number of esters is 1. The summed E-state index contributed by atoms with van der Waals surface area (Å²) in [6.45, 7) is 1.82. The summed E-state index contributed by atoms with van der Waals surface area (Å²) in [6, 6.07) is 5.02. The summed E-state index contributed by atoms with van der Waals surface area (Å²) < 4.78 is 26.7. The van der Waals surface area contributed by atoms with Gasteiger partial charge in [-0.05, 0) is 19.1 Å². The predicted octanol–water partition coefficient (Wildman–Crippen LogP) is 1.02.